The average Bonchev–Trinajstić information content (AvgIpc) is 1.99. The third-order valence-corrected chi connectivity index (χ3v) is 1.88. The van der Waals surface area contributed by atoms with Gasteiger partial charge in [0.1, 0.15) is 0 Å². The Hall–Kier alpha value is -0.430. The molecule has 0 fully saturated rings. The number of nitrogens with two attached hydrogens (primary N) is 1. The van der Waals surface area contributed by atoms with Crippen LogP contribution in [0.25, 0.3) is 0 Å². The van der Waals surface area contributed by atoms with Crippen LogP contribution in [0.4, 0.5) is 0 Å². The van der Waals surface area contributed by atoms with Crippen molar-refractivity contribution in [3.63, 3.8) is 0 Å². The Labute approximate surface area is 73.9 Å². The van der Waals surface area contributed by atoms with Crippen molar-refractivity contribution in [2.24, 2.45) is 5.73 Å². The molecule has 0 amide bonds. The van der Waals surface area contributed by atoms with Gasteiger partial charge >= 0.3 is 0 Å². The van der Waals surface area contributed by atoms with Crippen LogP contribution in [-0.2, 0) is 0 Å². The van der Waals surface area contributed by atoms with Gasteiger partial charge in [0.05, 0.1) is 5.38 Å². The summed E-state index contributed by atoms with van der Waals surface area (Å²) in [5.74, 6) is 0. The van der Waals surface area contributed by atoms with Crippen molar-refractivity contribution in [2.75, 3.05) is 0 Å². The van der Waals surface area contributed by atoms with Gasteiger partial charge in [0.2, 0.25) is 0 Å². The fraction of sp³-hybridized carbons (Fsp3) is 0.556. The van der Waals surface area contributed by atoms with E-state index in [1.807, 2.05) is 19.9 Å². The molecule has 0 heterocycles. The van der Waals surface area contributed by atoms with E-state index in [4.69, 9.17) is 17.3 Å². The van der Waals surface area contributed by atoms with Crippen LogP contribution in [0.15, 0.2) is 23.4 Å². The van der Waals surface area contributed by atoms with Crippen LogP contribution in [0, 0.1) is 0 Å². The zero-order chi connectivity index (χ0) is 8.85. The Morgan fingerprint density at radius 3 is 2.45 bits per heavy atom. The van der Waals surface area contributed by atoms with Gasteiger partial charge in [-0.1, -0.05) is 18.6 Å². The fourth-order valence-electron chi connectivity index (χ4n) is 0.839. The molecule has 0 saturated carbocycles. The molecule has 0 rings (SSSR count). The molecule has 1 atom stereocenters. The highest BCUT2D eigenvalue weighted by atomic mass is 35.5. The predicted octanol–water partition coefficient (Wildman–Crippen LogP) is 2.81. The number of hydrogen-bond acceptors (Lipinski definition) is 1. The lowest BCUT2D eigenvalue weighted by Gasteiger charge is -2.06. The molecule has 1 nitrogen and oxygen atoms in total. The van der Waals surface area contributed by atoms with Gasteiger partial charge in [-0.05, 0) is 32.0 Å². The van der Waals surface area contributed by atoms with E-state index >= 15 is 0 Å². The van der Waals surface area contributed by atoms with Gasteiger partial charge in [-0.2, -0.15) is 0 Å². The maximum Gasteiger partial charge on any atom is 0.0520 e. The minimum Gasteiger partial charge on any atom is -0.404 e. The van der Waals surface area contributed by atoms with Crippen molar-refractivity contribution in [2.45, 2.75) is 32.6 Å². The van der Waals surface area contributed by atoms with E-state index in [9.17, 15) is 0 Å². The van der Waals surface area contributed by atoms with Crippen LogP contribution in [0.2, 0.25) is 0 Å². The Kier molecular flexibility index (Phi) is 5.05. The zero-order valence-corrected chi connectivity index (χ0v) is 8.15. The predicted molar refractivity (Wildman–Crippen MR) is 51.6 cm³/mol. The minimum atomic E-state index is 0.106. The molecule has 0 bridgehead atoms. The molecule has 0 unspecified atom stereocenters. The van der Waals surface area contributed by atoms with Crippen LogP contribution >= 0.6 is 11.6 Å². The van der Waals surface area contributed by atoms with Crippen molar-refractivity contribution in [1.29, 1.82) is 0 Å². The number of hydrogen-bond donors (Lipinski definition) is 1. The number of halogens is 1. The molecule has 0 aliphatic rings. The van der Waals surface area contributed by atoms with Gasteiger partial charge in [0.25, 0.3) is 0 Å². The summed E-state index contributed by atoms with van der Waals surface area (Å²) in [4.78, 5) is 0. The van der Waals surface area contributed by atoms with Gasteiger partial charge < -0.3 is 5.73 Å². The van der Waals surface area contributed by atoms with Crippen LogP contribution in [0.5, 0.6) is 0 Å². The molecule has 0 radical (unpaired) electrons. The Morgan fingerprint density at radius 1 is 1.64 bits per heavy atom. The van der Waals surface area contributed by atoms with E-state index in [0.717, 1.165) is 12.0 Å². The molecule has 64 valence electrons. The first-order chi connectivity index (χ1) is 5.11. The van der Waals surface area contributed by atoms with E-state index in [1.54, 1.807) is 6.20 Å². The molecule has 0 spiro atoms. The topological polar surface area (TPSA) is 26.0 Å². The normalized spacial score (nSPS) is 16.7. The third-order valence-electron chi connectivity index (χ3n) is 1.60. The maximum atomic E-state index is 5.91. The largest absolute Gasteiger partial charge is 0.404 e. The number of alkyl halides is 1. The fourth-order valence-corrected chi connectivity index (χ4v) is 1.06. The van der Waals surface area contributed by atoms with Crippen molar-refractivity contribution < 1.29 is 0 Å². The monoisotopic (exact) mass is 173 g/mol. The Morgan fingerprint density at radius 2 is 2.18 bits per heavy atom. The Bertz CT molecular complexity index is 168. The smallest absolute Gasteiger partial charge is 0.0520 e. The van der Waals surface area contributed by atoms with Crippen molar-refractivity contribution in [3.8, 4) is 0 Å². The molecule has 0 saturated heterocycles. The van der Waals surface area contributed by atoms with Crippen molar-refractivity contribution >= 4 is 11.6 Å². The zero-order valence-electron chi connectivity index (χ0n) is 7.39. The summed E-state index contributed by atoms with van der Waals surface area (Å²) >= 11 is 5.91. The summed E-state index contributed by atoms with van der Waals surface area (Å²) in [6, 6.07) is 0. The first kappa shape index (κ1) is 10.6. The summed E-state index contributed by atoms with van der Waals surface area (Å²) in [7, 11) is 0. The highest BCUT2D eigenvalue weighted by Gasteiger charge is 2.01. The molecule has 11 heavy (non-hydrogen) atoms. The Balaban J connectivity index is 4.35. The lowest BCUT2D eigenvalue weighted by molar-refractivity contribution is 0.979. The summed E-state index contributed by atoms with van der Waals surface area (Å²) < 4.78 is 0. The first-order valence-electron chi connectivity index (χ1n) is 3.84. The second-order valence-corrected chi connectivity index (χ2v) is 3.25. The lowest BCUT2D eigenvalue weighted by atomic mass is 10.1. The third kappa shape index (κ3) is 4.10. The van der Waals surface area contributed by atoms with Crippen LogP contribution < -0.4 is 5.73 Å². The van der Waals surface area contributed by atoms with Gasteiger partial charge in [0.15, 0.2) is 0 Å². The van der Waals surface area contributed by atoms with E-state index in [2.05, 4.69) is 6.92 Å². The van der Waals surface area contributed by atoms with Gasteiger partial charge in [-0.25, -0.2) is 0 Å². The minimum absolute atomic E-state index is 0.106. The molecule has 0 aliphatic heterocycles. The van der Waals surface area contributed by atoms with Gasteiger partial charge in [0, 0.05) is 0 Å². The van der Waals surface area contributed by atoms with Crippen LogP contribution in [0.1, 0.15) is 27.2 Å². The average molecular weight is 174 g/mol. The summed E-state index contributed by atoms with van der Waals surface area (Å²) in [6.45, 7) is 6.03. The maximum absolute atomic E-state index is 5.91. The second kappa shape index (κ2) is 5.25. The summed E-state index contributed by atoms with van der Waals surface area (Å²) in [5, 5.41) is 0.106. The van der Waals surface area contributed by atoms with E-state index in [-0.39, 0.29) is 5.38 Å². The lowest BCUT2D eigenvalue weighted by Crippen LogP contribution is -1.96. The number of allylic oxidation sites excluding steroid dienone is 3. The standard InChI is InChI=1S/C9H16ClN/c1-4-9(8(3)10)5-7(2)6-11/h5-6,8H,4,11H2,1-3H3/b7-6-,9-5-/t8-/m0/s1. The SMILES string of the molecule is CC/C(=C/C(C)=C\N)[C@H](C)Cl. The molecule has 2 heteroatoms. The van der Waals surface area contributed by atoms with Gasteiger partial charge in [-0.15, -0.1) is 11.6 Å². The second-order valence-electron chi connectivity index (χ2n) is 2.60. The van der Waals surface area contributed by atoms with Gasteiger partial charge in [-0.3, -0.25) is 0 Å². The molecule has 0 aromatic carbocycles. The number of rotatable bonds is 3. The molecule has 0 aromatic heterocycles. The molecule has 2 N–H and O–H groups in total. The van der Waals surface area contributed by atoms with Crippen LogP contribution in [-0.4, -0.2) is 5.38 Å². The highest BCUT2D eigenvalue weighted by molar-refractivity contribution is 6.22. The van der Waals surface area contributed by atoms with Crippen molar-refractivity contribution in [1.82, 2.24) is 0 Å². The molecular formula is C9H16ClN. The summed E-state index contributed by atoms with van der Waals surface area (Å²) in [5.41, 5.74) is 7.62. The molecular weight excluding hydrogens is 158 g/mol. The van der Waals surface area contributed by atoms with Crippen molar-refractivity contribution in [3.05, 3.63) is 23.4 Å². The summed E-state index contributed by atoms with van der Waals surface area (Å²) in [6.07, 6.45) is 4.61. The quantitative estimate of drug-likeness (QED) is 0.516. The van der Waals surface area contributed by atoms with E-state index in [0.29, 0.717) is 0 Å². The van der Waals surface area contributed by atoms with E-state index < -0.39 is 0 Å². The van der Waals surface area contributed by atoms with E-state index in [1.165, 1.54) is 5.57 Å². The highest BCUT2D eigenvalue weighted by Crippen LogP contribution is 2.14. The molecule has 0 aromatic rings. The first-order valence-corrected chi connectivity index (χ1v) is 4.28. The molecule has 0 aliphatic carbocycles. The van der Waals surface area contributed by atoms with Crippen LogP contribution in [0.3, 0.4) is 0 Å².